The Hall–Kier alpha value is -3.56. The fourth-order valence-electron chi connectivity index (χ4n) is 4.16. The van der Waals surface area contributed by atoms with Crippen LogP contribution in [-0.4, -0.2) is 36.6 Å². The third kappa shape index (κ3) is 5.63. The lowest BCUT2D eigenvalue weighted by Gasteiger charge is -2.25. The maximum absolute atomic E-state index is 13.8. The highest BCUT2D eigenvalue weighted by Crippen LogP contribution is 2.32. The first-order chi connectivity index (χ1) is 18.3. The van der Waals surface area contributed by atoms with Crippen molar-refractivity contribution in [3.63, 3.8) is 0 Å². The van der Waals surface area contributed by atoms with E-state index in [9.17, 15) is 9.59 Å². The number of fused-ring (bicyclic) bond motifs is 1. The first-order valence-electron chi connectivity index (χ1n) is 12.1. The fourth-order valence-corrected chi connectivity index (χ4v) is 5.61. The second-order valence-corrected chi connectivity index (χ2v) is 10.7. The number of carbonyl (C=O) groups excluding carboxylic acids is 1. The fraction of sp³-hybridized carbons (Fsp3) is 0.276. The maximum atomic E-state index is 13.8. The summed E-state index contributed by atoms with van der Waals surface area (Å²) in [7, 11) is 1.57. The van der Waals surface area contributed by atoms with Crippen molar-refractivity contribution in [2.24, 2.45) is 4.99 Å². The van der Waals surface area contributed by atoms with Crippen LogP contribution in [0, 0.1) is 0 Å². The average molecular weight is 551 g/mol. The van der Waals surface area contributed by atoms with Gasteiger partial charge in [-0.15, -0.1) is 11.8 Å². The SMILES string of the molecule is C=CCOc1ccc(/C=c2\sc3n(c2=O)[C@H](c2ccc(SC)cc2)C(C(=O)OC(C)C)=C(C)N=3)cc1OC. The smallest absolute Gasteiger partial charge is 0.338 e. The zero-order chi connectivity index (χ0) is 27.4. The molecule has 0 saturated heterocycles. The molecule has 1 aliphatic rings. The minimum atomic E-state index is -0.653. The van der Waals surface area contributed by atoms with Gasteiger partial charge >= 0.3 is 5.97 Å². The Labute approximate surface area is 229 Å². The summed E-state index contributed by atoms with van der Waals surface area (Å²) in [6.07, 6.45) is 5.15. The minimum absolute atomic E-state index is 0.235. The van der Waals surface area contributed by atoms with Gasteiger partial charge in [0, 0.05) is 4.90 Å². The number of hydrogen-bond donors (Lipinski definition) is 0. The molecule has 1 atom stereocenters. The molecule has 2 aromatic carbocycles. The standard InChI is InChI=1S/C29H30N2O5S2/c1-7-14-35-22-13-8-19(15-23(22)34-5)16-24-27(32)31-26(20-9-11-21(37-6)12-10-20)25(28(33)36-17(2)3)18(4)30-29(31)38-24/h7-13,15-17,26H,1,14H2,2-6H3/b24-16-/t26-/m1/s1. The van der Waals surface area contributed by atoms with Gasteiger partial charge in [-0.1, -0.05) is 42.2 Å². The quantitative estimate of drug-likeness (QED) is 0.222. The third-order valence-corrected chi connectivity index (χ3v) is 7.58. The lowest BCUT2D eigenvalue weighted by molar-refractivity contribution is -0.143. The molecule has 38 heavy (non-hydrogen) atoms. The Morgan fingerprint density at radius 3 is 2.58 bits per heavy atom. The molecule has 7 nitrogen and oxygen atoms in total. The van der Waals surface area contributed by atoms with Crippen LogP contribution in [-0.2, 0) is 9.53 Å². The summed E-state index contributed by atoms with van der Waals surface area (Å²) in [5, 5.41) is 0. The third-order valence-electron chi connectivity index (χ3n) is 5.86. The van der Waals surface area contributed by atoms with Crippen LogP contribution in [0.25, 0.3) is 6.08 Å². The molecule has 0 aliphatic carbocycles. The normalized spacial score (nSPS) is 15.2. The molecule has 2 heterocycles. The Morgan fingerprint density at radius 1 is 1.21 bits per heavy atom. The van der Waals surface area contributed by atoms with Crippen LogP contribution in [0.3, 0.4) is 0 Å². The second kappa shape index (κ2) is 11.9. The summed E-state index contributed by atoms with van der Waals surface area (Å²) in [6.45, 7) is 9.40. The van der Waals surface area contributed by atoms with E-state index in [4.69, 9.17) is 14.2 Å². The Bertz CT molecular complexity index is 1570. The number of benzene rings is 2. The zero-order valence-corrected chi connectivity index (χ0v) is 23.7. The van der Waals surface area contributed by atoms with Crippen LogP contribution >= 0.6 is 23.1 Å². The molecule has 1 aromatic heterocycles. The number of methoxy groups -OCH3 is 1. The van der Waals surface area contributed by atoms with Crippen molar-refractivity contribution in [1.29, 1.82) is 0 Å². The molecule has 0 fully saturated rings. The van der Waals surface area contributed by atoms with Crippen molar-refractivity contribution in [3.05, 3.63) is 97.2 Å². The van der Waals surface area contributed by atoms with E-state index >= 15 is 0 Å². The number of esters is 1. The van der Waals surface area contributed by atoms with E-state index in [1.807, 2.05) is 42.7 Å². The van der Waals surface area contributed by atoms with Gasteiger partial charge in [-0.3, -0.25) is 9.36 Å². The largest absolute Gasteiger partial charge is 0.493 e. The van der Waals surface area contributed by atoms with Crippen LogP contribution in [0.15, 0.2) is 81.1 Å². The second-order valence-electron chi connectivity index (χ2n) is 8.82. The highest BCUT2D eigenvalue weighted by Gasteiger charge is 2.33. The van der Waals surface area contributed by atoms with Gasteiger partial charge < -0.3 is 14.2 Å². The van der Waals surface area contributed by atoms with Crippen molar-refractivity contribution in [2.75, 3.05) is 20.0 Å². The van der Waals surface area contributed by atoms with Gasteiger partial charge in [0.15, 0.2) is 16.3 Å². The van der Waals surface area contributed by atoms with Crippen molar-refractivity contribution < 1.29 is 19.0 Å². The van der Waals surface area contributed by atoms with E-state index in [0.717, 1.165) is 16.0 Å². The first-order valence-corrected chi connectivity index (χ1v) is 14.1. The van der Waals surface area contributed by atoms with Crippen LogP contribution in [0.2, 0.25) is 0 Å². The van der Waals surface area contributed by atoms with Gasteiger partial charge in [-0.05, 0) is 68.5 Å². The van der Waals surface area contributed by atoms with Crippen LogP contribution in [0.5, 0.6) is 11.5 Å². The maximum Gasteiger partial charge on any atom is 0.338 e. The van der Waals surface area contributed by atoms with Gasteiger partial charge in [-0.25, -0.2) is 9.79 Å². The van der Waals surface area contributed by atoms with Crippen LogP contribution in [0.4, 0.5) is 0 Å². The highest BCUT2D eigenvalue weighted by molar-refractivity contribution is 7.98. The summed E-state index contributed by atoms with van der Waals surface area (Å²) in [6, 6.07) is 12.7. The van der Waals surface area contributed by atoms with Crippen molar-refractivity contribution in [2.45, 2.75) is 37.8 Å². The van der Waals surface area contributed by atoms with Crippen LogP contribution in [0.1, 0.15) is 37.9 Å². The molecule has 3 aromatic rings. The van der Waals surface area contributed by atoms with E-state index in [1.54, 1.807) is 62.4 Å². The summed E-state index contributed by atoms with van der Waals surface area (Å²) in [5.74, 6) is 0.660. The molecule has 0 radical (unpaired) electrons. The topological polar surface area (TPSA) is 79.1 Å². The molecular weight excluding hydrogens is 520 g/mol. The Balaban J connectivity index is 1.87. The summed E-state index contributed by atoms with van der Waals surface area (Å²) in [5.41, 5.74) is 2.24. The van der Waals surface area contributed by atoms with Gasteiger partial charge in [0.2, 0.25) is 0 Å². The molecule has 0 bridgehead atoms. The molecular formula is C29H30N2O5S2. The van der Waals surface area contributed by atoms with E-state index in [0.29, 0.717) is 38.7 Å². The van der Waals surface area contributed by atoms with E-state index < -0.39 is 12.0 Å². The van der Waals surface area contributed by atoms with Gasteiger partial charge in [0.1, 0.15) is 6.61 Å². The molecule has 0 saturated carbocycles. The van der Waals surface area contributed by atoms with Gasteiger partial charge in [-0.2, -0.15) is 0 Å². The van der Waals surface area contributed by atoms with Crippen molar-refractivity contribution in [3.8, 4) is 11.5 Å². The minimum Gasteiger partial charge on any atom is -0.493 e. The lowest BCUT2D eigenvalue weighted by Crippen LogP contribution is -2.40. The van der Waals surface area contributed by atoms with E-state index in [2.05, 4.69) is 11.6 Å². The number of thioether (sulfide) groups is 1. The molecule has 0 amide bonds. The molecule has 198 valence electrons. The highest BCUT2D eigenvalue weighted by atomic mass is 32.2. The summed E-state index contributed by atoms with van der Waals surface area (Å²) in [4.78, 5) is 33.3. The number of aromatic nitrogens is 1. The molecule has 0 N–H and O–H groups in total. The molecule has 1 aliphatic heterocycles. The summed E-state index contributed by atoms with van der Waals surface area (Å²) >= 11 is 2.90. The molecule has 0 unspecified atom stereocenters. The Morgan fingerprint density at radius 2 is 1.95 bits per heavy atom. The predicted octanol–water partition coefficient (Wildman–Crippen LogP) is 4.48. The number of hydrogen-bond acceptors (Lipinski definition) is 8. The number of rotatable bonds is 9. The number of thiazole rings is 1. The van der Waals surface area contributed by atoms with Crippen molar-refractivity contribution >= 4 is 35.1 Å². The number of allylic oxidation sites excluding steroid dienone is 1. The first kappa shape index (κ1) is 27.5. The molecule has 0 spiro atoms. The van der Waals surface area contributed by atoms with E-state index in [1.165, 1.54) is 11.3 Å². The number of carbonyl (C=O) groups is 1. The average Bonchev–Trinajstić information content (AvgIpc) is 3.20. The van der Waals surface area contributed by atoms with Gasteiger partial charge in [0.05, 0.1) is 35.1 Å². The lowest BCUT2D eigenvalue weighted by atomic mass is 9.96. The molecule has 4 rings (SSSR count). The van der Waals surface area contributed by atoms with Gasteiger partial charge in [0.25, 0.3) is 5.56 Å². The Kier molecular flexibility index (Phi) is 8.58. The van der Waals surface area contributed by atoms with Crippen molar-refractivity contribution in [1.82, 2.24) is 4.57 Å². The zero-order valence-electron chi connectivity index (χ0n) is 22.0. The number of nitrogens with zero attached hydrogens (tertiary/aromatic N) is 2. The molecule has 9 heteroatoms. The van der Waals surface area contributed by atoms with Crippen LogP contribution < -0.4 is 24.4 Å². The predicted molar refractivity (Wildman–Crippen MR) is 152 cm³/mol. The van der Waals surface area contributed by atoms with E-state index in [-0.39, 0.29) is 11.7 Å². The summed E-state index contributed by atoms with van der Waals surface area (Å²) < 4.78 is 18.8. The number of ether oxygens (including phenoxy) is 3. The monoisotopic (exact) mass is 550 g/mol.